The highest BCUT2D eigenvalue weighted by Gasteiger charge is 2.04. The van der Waals surface area contributed by atoms with E-state index in [-0.39, 0.29) is 0 Å². The van der Waals surface area contributed by atoms with Crippen LogP contribution in [0.2, 0.25) is 5.02 Å². The summed E-state index contributed by atoms with van der Waals surface area (Å²) in [5.74, 6) is 0.456. The lowest BCUT2D eigenvalue weighted by Gasteiger charge is -2.08. The Morgan fingerprint density at radius 2 is 2.00 bits per heavy atom. The van der Waals surface area contributed by atoms with E-state index in [2.05, 4.69) is 25.0 Å². The van der Waals surface area contributed by atoms with E-state index in [9.17, 15) is 0 Å². The molecule has 0 radical (unpaired) electrons. The molecule has 0 spiro atoms. The Balaban J connectivity index is 2.92. The Kier molecular flexibility index (Phi) is 4.15. The van der Waals surface area contributed by atoms with Crippen LogP contribution < -0.4 is 0 Å². The molecule has 0 unspecified atom stereocenters. The monoisotopic (exact) mass is 224 g/mol. The van der Waals surface area contributed by atoms with Crippen LogP contribution in [0.15, 0.2) is 23.3 Å². The van der Waals surface area contributed by atoms with Crippen LogP contribution in [0.25, 0.3) is 0 Å². The molecule has 82 valence electrons. The van der Waals surface area contributed by atoms with Gasteiger partial charge in [-0.1, -0.05) is 37.6 Å². The van der Waals surface area contributed by atoms with Crippen LogP contribution in [0.5, 0.6) is 0 Å². The summed E-state index contributed by atoms with van der Waals surface area (Å²) in [6, 6.07) is 6.04. The van der Waals surface area contributed by atoms with Crippen molar-refractivity contribution in [3.05, 3.63) is 34.3 Å². The number of hydrogen-bond acceptors (Lipinski definition) is 2. The summed E-state index contributed by atoms with van der Waals surface area (Å²) in [5.41, 5.74) is 2.21. The van der Waals surface area contributed by atoms with Gasteiger partial charge in [-0.05, 0) is 23.1 Å². The molecule has 0 amide bonds. The Labute approximate surface area is 96.5 Å². The van der Waals surface area contributed by atoms with Crippen LogP contribution in [-0.4, -0.2) is 25.3 Å². The lowest BCUT2D eigenvalue weighted by molar-refractivity contribution is 0.440. The molecule has 0 saturated heterocycles. The van der Waals surface area contributed by atoms with Gasteiger partial charge < -0.3 is 5.01 Å². The van der Waals surface area contributed by atoms with Crippen molar-refractivity contribution in [2.75, 3.05) is 14.1 Å². The summed E-state index contributed by atoms with van der Waals surface area (Å²) in [6.07, 6.45) is 1.80. The fourth-order valence-corrected chi connectivity index (χ4v) is 1.68. The average molecular weight is 225 g/mol. The highest BCUT2D eigenvalue weighted by molar-refractivity contribution is 6.31. The van der Waals surface area contributed by atoms with Crippen LogP contribution in [0.3, 0.4) is 0 Å². The molecular weight excluding hydrogens is 208 g/mol. The van der Waals surface area contributed by atoms with Crippen molar-refractivity contribution in [3.63, 3.8) is 0 Å². The fourth-order valence-electron chi connectivity index (χ4n) is 1.27. The van der Waals surface area contributed by atoms with Crippen molar-refractivity contribution >= 4 is 17.8 Å². The van der Waals surface area contributed by atoms with Crippen molar-refractivity contribution in [2.45, 2.75) is 19.8 Å². The number of halogens is 1. The van der Waals surface area contributed by atoms with E-state index >= 15 is 0 Å². The highest BCUT2D eigenvalue weighted by atomic mass is 35.5. The maximum absolute atomic E-state index is 6.16. The van der Waals surface area contributed by atoms with Gasteiger partial charge in [-0.15, -0.1) is 0 Å². The summed E-state index contributed by atoms with van der Waals surface area (Å²) < 4.78 is 0. The predicted octanol–water partition coefficient (Wildman–Crippen LogP) is 3.36. The zero-order valence-electron chi connectivity index (χ0n) is 9.66. The van der Waals surface area contributed by atoms with Crippen LogP contribution in [0.1, 0.15) is 30.9 Å². The van der Waals surface area contributed by atoms with E-state index < -0.39 is 0 Å². The minimum Gasteiger partial charge on any atom is -0.303 e. The highest BCUT2D eigenvalue weighted by Crippen LogP contribution is 2.24. The van der Waals surface area contributed by atoms with E-state index in [1.807, 2.05) is 26.2 Å². The number of nitrogens with zero attached hydrogens (tertiary/aromatic N) is 2. The zero-order valence-corrected chi connectivity index (χ0v) is 10.4. The second kappa shape index (κ2) is 5.17. The standard InChI is InChI=1S/C12H17ClN2/c1-9(2)11-6-5-10(7-12(11)13)8-14-15(3)4/h5-9H,1-4H3/b14-8+. The van der Waals surface area contributed by atoms with Gasteiger partial charge in [0.25, 0.3) is 0 Å². The van der Waals surface area contributed by atoms with Gasteiger partial charge in [0.05, 0.1) is 6.21 Å². The molecule has 0 heterocycles. The van der Waals surface area contributed by atoms with Crippen molar-refractivity contribution in [1.29, 1.82) is 0 Å². The Hall–Kier alpha value is -1.02. The second-order valence-corrected chi connectivity index (χ2v) is 4.43. The minimum atomic E-state index is 0.456. The molecule has 2 nitrogen and oxygen atoms in total. The molecule has 15 heavy (non-hydrogen) atoms. The first-order valence-corrected chi connectivity index (χ1v) is 5.39. The maximum Gasteiger partial charge on any atom is 0.0543 e. The summed E-state index contributed by atoms with van der Waals surface area (Å²) in [5, 5.41) is 6.73. The van der Waals surface area contributed by atoms with Crippen molar-refractivity contribution in [2.24, 2.45) is 5.10 Å². The van der Waals surface area contributed by atoms with Gasteiger partial charge in [0.2, 0.25) is 0 Å². The van der Waals surface area contributed by atoms with E-state index in [0.717, 1.165) is 10.6 Å². The average Bonchev–Trinajstić information content (AvgIpc) is 2.14. The number of hydrazone groups is 1. The third kappa shape index (κ3) is 3.56. The van der Waals surface area contributed by atoms with Gasteiger partial charge in [-0.2, -0.15) is 5.10 Å². The maximum atomic E-state index is 6.16. The largest absolute Gasteiger partial charge is 0.303 e. The third-order valence-electron chi connectivity index (χ3n) is 2.08. The minimum absolute atomic E-state index is 0.456. The third-order valence-corrected chi connectivity index (χ3v) is 2.41. The van der Waals surface area contributed by atoms with E-state index in [0.29, 0.717) is 5.92 Å². The summed E-state index contributed by atoms with van der Waals surface area (Å²) in [6.45, 7) is 4.27. The molecule has 0 saturated carbocycles. The molecule has 0 aliphatic carbocycles. The van der Waals surface area contributed by atoms with Gasteiger partial charge in [0, 0.05) is 19.1 Å². The van der Waals surface area contributed by atoms with Crippen molar-refractivity contribution in [1.82, 2.24) is 5.01 Å². The fraction of sp³-hybridized carbons (Fsp3) is 0.417. The van der Waals surface area contributed by atoms with Crippen LogP contribution >= 0.6 is 11.6 Å². The van der Waals surface area contributed by atoms with Crippen molar-refractivity contribution in [3.8, 4) is 0 Å². The first kappa shape index (κ1) is 12.1. The number of rotatable bonds is 3. The Bertz CT molecular complexity index is 357. The summed E-state index contributed by atoms with van der Waals surface area (Å²) in [7, 11) is 3.78. The second-order valence-electron chi connectivity index (χ2n) is 4.03. The Morgan fingerprint density at radius 1 is 1.33 bits per heavy atom. The van der Waals surface area contributed by atoms with Crippen LogP contribution in [0.4, 0.5) is 0 Å². The quantitative estimate of drug-likeness (QED) is 0.568. The summed E-state index contributed by atoms with van der Waals surface area (Å²) >= 11 is 6.16. The number of benzene rings is 1. The molecule has 0 aliphatic heterocycles. The Morgan fingerprint density at radius 3 is 2.47 bits per heavy atom. The molecule has 0 aliphatic rings. The van der Waals surface area contributed by atoms with Crippen molar-refractivity contribution < 1.29 is 0 Å². The van der Waals surface area contributed by atoms with E-state index in [1.54, 1.807) is 11.2 Å². The lowest BCUT2D eigenvalue weighted by Crippen LogP contribution is -2.02. The molecule has 1 aromatic carbocycles. The molecule has 0 N–H and O–H groups in total. The molecular formula is C12H17ClN2. The zero-order chi connectivity index (χ0) is 11.4. The molecule has 0 aromatic heterocycles. The molecule has 1 aromatic rings. The smallest absolute Gasteiger partial charge is 0.0543 e. The molecule has 1 rings (SSSR count). The van der Waals surface area contributed by atoms with Crippen LogP contribution in [0, 0.1) is 0 Å². The van der Waals surface area contributed by atoms with Gasteiger partial charge >= 0.3 is 0 Å². The topological polar surface area (TPSA) is 15.6 Å². The van der Waals surface area contributed by atoms with Crippen LogP contribution in [-0.2, 0) is 0 Å². The normalized spacial score (nSPS) is 11.3. The summed E-state index contributed by atoms with van der Waals surface area (Å²) in [4.78, 5) is 0. The first-order chi connectivity index (χ1) is 7.00. The van der Waals surface area contributed by atoms with Gasteiger partial charge in [-0.25, -0.2) is 0 Å². The molecule has 0 atom stereocenters. The van der Waals surface area contributed by atoms with E-state index in [4.69, 9.17) is 11.6 Å². The SMILES string of the molecule is CC(C)c1ccc(/C=N/N(C)C)cc1Cl. The van der Waals surface area contributed by atoms with Gasteiger partial charge in [0.1, 0.15) is 0 Å². The van der Waals surface area contributed by atoms with Gasteiger partial charge in [0.15, 0.2) is 0 Å². The van der Waals surface area contributed by atoms with E-state index in [1.165, 1.54) is 5.56 Å². The number of hydrogen-bond donors (Lipinski definition) is 0. The molecule has 0 fully saturated rings. The molecule has 0 bridgehead atoms. The predicted molar refractivity (Wildman–Crippen MR) is 66.8 cm³/mol. The first-order valence-electron chi connectivity index (χ1n) is 5.01. The lowest BCUT2D eigenvalue weighted by atomic mass is 10.0. The molecule has 3 heteroatoms. The van der Waals surface area contributed by atoms with Gasteiger partial charge in [-0.3, -0.25) is 0 Å².